The van der Waals surface area contributed by atoms with E-state index in [2.05, 4.69) is 25.8 Å². The van der Waals surface area contributed by atoms with Gasteiger partial charge in [-0.05, 0) is 52.0 Å². The number of aryl methyl sites for hydroxylation is 1. The molecule has 7 nitrogen and oxygen atoms in total. The van der Waals surface area contributed by atoms with Crippen LogP contribution in [0.1, 0.15) is 32.0 Å². The minimum absolute atomic E-state index is 0.0901. The van der Waals surface area contributed by atoms with Crippen LogP contribution in [-0.2, 0) is 4.74 Å². The van der Waals surface area contributed by atoms with Crippen molar-refractivity contribution in [2.45, 2.75) is 33.3 Å². The van der Waals surface area contributed by atoms with Gasteiger partial charge in [0.25, 0.3) is 5.56 Å². The van der Waals surface area contributed by atoms with E-state index in [1.165, 1.54) is 0 Å². The average Bonchev–Trinajstić information content (AvgIpc) is 2.66. The lowest BCUT2D eigenvalue weighted by Crippen LogP contribution is -2.50. The van der Waals surface area contributed by atoms with Crippen LogP contribution in [0.25, 0.3) is 11.1 Å². The van der Waals surface area contributed by atoms with Gasteiger partial charge in [0.2, 0.25) is 0 Å². The number of nitrogens with one attached hydrogen (secondary N) is 1. The lowest BCUT2D eigenvalue weighted by Gasteiger charge is -2.37. The quantitative estimate of drug-likeness (QED) is 0.711. The van der Waals surface area contributed by atoms with Crippen molar-refractivity contribution in [3.8, 4) is 17.2 Å². The van der Waals surface area contributed by atoms with Crippen molar-refractivity contribution in [3.63, 3.8) is 0 Å². The Labute approximate surface area is 184 Å². The molecule has 30 heavy (non-hydrogen) atoms. The summed E-state index contributed by atoms with van der Waals surface area (Å²) in [7, 11) is 0. The summed E-state index contributed by atoms with van der Waals surface area (Å²) >= 11 is 3.50. The molecule has 1 aromatic heterocycles. The van der Waals surface area contributed by atoms with E-state index in [0.717, 1.165) is 15.7 Å². The van der Waals surface area contributed by atoms with Gasteiger partial charge in [0.1, 0.15) is 17.2 Å². The lowest BCUT2D eigenvalue weighted by molar-refractivity contribution is 0.0240. The Morgan fingerprint density at radius 2 is 1.83 bits per heavy atom. The highest BCUT2D eigenvalue weighted by atomic mass is 79.9. The first-order valence-corrected chi connectivity index (χ1v) is 10.5. The second kappa shape index (κ2) is 8.52. The molecule has 0 spiro atoms. The third-order valence-corrected chi connectivity index (χ3v) is 5.29. The molecule has 2 heterocycles. The number of rotatable bonds is 2. The van der Waals surface area contributed by atoms with E-state index in [9.17, 15) is 14.9 Å². The summed E-state index contributed by atoms with van der Waals surface area (Å²) in [5, 5.41) is 9.56. The number of anilines is 1. The summed E-state index contributed by atoms with van der Waals surface area (Å²) in [6.45, 7) is 9.66. The van der Waals surface area contributed by atoms with Gasteiger partial charge in [-0.25, -0.2) is 4.79 Å². The van der Waals surface area contributed by atoms with E-state index < -0.39 is 11.2 Å². The first kappa shape index (κ1) is 21.9. The molecule has 0 unspecified atom stereocenters. The largest absolute Gasteiger partial charge is 0.444 e. The van der Waals surface area contributed by atoms with Crippen LogP contribution in [0.15, 0.2) is 33.5 Å². The molecule has 0 radical (unpaired) electrons. The average molecular weight is 473 g/mol. The van der Waals surface area contributed by atoms with Gasteiger partial charge in [-0.3, -0.25) is 4.79 Å². The molecular weight excluding hydrogens is 448 g/mol. The number of piperazine rings is 1. The Bertz CT molecular complexity index is 1060. The van der Waals surface area contributed by atoms with Crippen molar-refractivity contribution >= 4 is 27.7 Å². The van der Waals surface area contributed by atoms with Crippen LogP contribution in [0.2, 0.25) is 0 Å². The number of nitriles is 1. The molecule has 1 saturated heterocycles. The van der Waals surface area contributed by atoms with Crippen LogP contribution >= 0.6 is 15.9 Å². The van der Waals surface area contributed by atoms with Crippen LogP contribution in [0, 0.1) is 18.3 Å². The van der Waals surface area contributed by atoms with Crippen molar-refractivity contribution in [1.82, 2.24) is 9.88 Å². The van der Waals surface area contributed by atoms with Crippen LogP contribution in [0.3, 0.4) is 0 Å². The number of aromatic nitrogens is 1. The molecule has 158 valence electrons. The topological polar surface area (TPSA) is 89.4 Å². The Morgan fingerprint density at radius 3 is 2.43 bits per heavy atom. The number of hydrogen-bond acceptors (Lipinski definition) is 5. The van der Waals surface area contributed by atoms with E-state index >= 15 is 0 Å². The number of hydrogen-bond donors (Lipinski definition) is 1. The van der Waals surface area contributed by atoms with Crippen molar-refractivity contribution in [2.24, 2.45) is 0 Å². The Hall–Kier alpha value is -2.79. The Kier molecular flexibility index (Phi) is 6.22. The van der Waals surface area contributed by atoms with Gasteiger partial charge in [0.15, 0.2) is 0 Å². The molecule has 0 atom stereocenters. The number of carbonyl (C=O) groups is 1. The van der Waals surface area contributed by atoms with Crippen LogP contribution in [0.5, 0.6) is 0 Å². The van der Waals surface area contributed by atoms with Crippen LogP contribution < -0.4 is 10.5 Å². The molecule has 3 rings (SSSR count). The standard InChI is InChI=1S/C22H25BrN4O3/c1-14-11-16(18(13-24)20(28)25-14)17-12-15(23)5-6-19(17)26-7-9-27(10-8-26)21(29)30-22(2,3)4/h5-6,11-12H,7-10H2,1-4H3,(H,25,28). The highest BCUT2D eigenvalue weighted by Crippen LogP contribution is 2.35. The molecule has 1 aliphatic rings. The number of carbonyl (C=O) groups excluding carboxylic acids is 1. The number of ether oxygens (including phenoxy) is 1. The van der Waals surface area contributed by atoms with Gasteiger partial charge >= 0.3 is 6.09 Å². The minimum Gasteiger partial charge on any atom is -0.444 e. The molecule has 1 aromatic carbocycles. The third-order valence-electron chi connectivity index (χ3n) is 4.80. The SMILES string of the molecule is Cc1cc(-c2cc(Br)ccc2N2CCN(C(=O)OC(C)(C)C)CC2)c(C#N)c(=O)[nH]1. The zero-order chi connectivity index (χ0) is 22.1. The number of halogens is 1. The van der Waals surface area contributed by atoms with Gasteiger partial charge in [-0.15, -0.1) is 0 Å². The normalized spacial score (nSPS) is 14.4. The molecule has 1 aliphatic heterocycles. The second-order valence-electron chi connectivity index (χ2n) is 8.30. The number of nitrogens with zero attached hydrogens (tertiary/aromatic N) is 3. The smallest absolute Gasteiger partial charge is 0.410 e. The van der Waals surface area contributed by atoms with Gasteiger partial charge in [-0.1, -0.05) is 15.9 Å². The summed E-state index contributed by atoms with van der Waals surface area (Å²) in [4.78, 5) is 31.2. The van der Waals surface area contributed by atoms with E-state index in [1.54, 1.807) is 11.8 Å². The fourth-order valence-corrected chi connectivity index (χ4v) is 3.83. The monoisotopic (exact) mass is 472 g/mol. The molecule has 1 fully saturated rings. The highest BCUT2D eigenvalue weighted by molar-refractivity contribution is 9.10. The van der Waals surface area contributed by atoms with Gasteiger partial charge < -0.3 is 19.5 Å². The predicted molar refractivity (Wildman–Crippen MR) is 120 cm³/mol. The zero-order valence-electron chi connectivity index (χ0n) is 17.6. The van der Waals surface area contributed by atoms with E-state index in [0.29, 0.717) is 37.4 Å². The number of H-pyrrole nitrogens is 1. The number of aromatic amines is 1. The van der Waals surface area contributed by atoms with Crippen molar-refractivity contribution in [2.75, 3.05) is 31.1 Å². The van der Waals surface area contributed by atoms with E-state index in [-0.39, 0.29) is 11.7 Å². The highest BCUT2D eigenvalue weighted by Gasteiger charge is 2.27. The molecule has 0 saturated carbocycles. The van der Waals surface area contributed by atoms with E-state index in [1.807, 2.05) is 51.1 Å². The summed E-state index contributed by atoms with van der Waals surface area (Å²) in [5.41, 5.74) is 2.18. The Balaban J connectivity index is 1.91. The molecule has 0 aliphatic carbocycles. The summed E-state index contributed by atoms with van der Waals surface area (Å²) in [6, 6.07) is 9.69. The third kappa shape index (κ3) is 4.85. The van der Waals surface area contributed by atoms with Crippen LogP contribution in [-0.4, -0.2) is 47.8 Å². The summed E-state index contributed by atoms with van der Waals surface area (Å²) < 4.78 is 6.33. The molecular formula is C22H25BrN4O3. The Morgan fingerprint density at radius 1 is 1.17 bits per heavy atom. The van der Waals surface area contributed by atoms with Crippen LogP contribution in [0.4, 0.5) is 10.5 Å². The van der Waals surface area contributed by atoms with Crippen molar-refractivity contribution < 1.29 is 9.53 Å². The van der Waals surface area contributed by atoms with Gasteiger partial charge in [0, 0.05) is 53.2 Å². The van der Waals surface area contributed by atoms with Crippen molar-refractivity contribution in [3.05, 3.63) is 50.3 Å². The first-order valence-electron chi connectivity index (χ1n) is 9.76. The summed E-state index contributed by atoms with van der Waals surface area (Å²) in [5.74, 6) is 0. The van der Waals surface area contributed by atoms with Crippen molar-refractivity contribution in [1.29, 1.82) is 5.26 Å². The summed E-state index contributed by atoms with van der Waals surface area (Å²) in [6.07, 6.45) is -0.310. The molecule has 1 amide bonds. The lowest BCUT2D eigenvalue weighted by atomic mass is 9.98. The maximum Gasteiger partial charge on any atom is 0.410 e. The zero-order valence-corrected chi connectivity index (χ0v) is 19.2. The van der Waals surface area contributed by atoms with E-state index in [4.69, 9.17) is 4.74 Å². The fourth-order valence-electron chi connectivity index (χ4n) is 3.47. The number of amides is 1. The molecule has 8 heteroatoms. The minimum atomic E-state index is -0.529. The molecule has 2 aromatic rings. The van der Waals surface area contributed by atoms with Gasteiger partial charge in [-0.2, -0.15) is 5.26 Å². The number of benzene rings is 1. The fraction of sp³-hybridized carbons (Fsp3) is 0.409. The second-order valence-corrected chi connectivity index (χ2v) is 9.21. The molecule has 1 N–H and O–H groups in total. The van der Waals surface area contributed by atoms with Gasteiger partial charge in [0.05, 0.1) is 0 Å². The maximum atomic E-state index is 12.4. The predicted octanol–water partition coefficient (Wildman–Crippen LogP) is 4.04. The first-order chi connectivity index (χ1) is 14.1. The maximum absolute atomic E-state index is 12.4. The number of pyridine rings is 1. The molecule has 0 bridgehead atoms.